The van der Waals surface area contributed by atoms with Gasteiger partial charge in [-0.25, -0.2) is 9.37 Å². The number of hydrogen-bond donors (Lipinski definition) is 1. The van der Waals surface area contributed by atoms with Crippen molar-refractivity contribution in [3.8, 4) is 17.3 Å². The summed E-state index contributed by atoms with van der Waals surface area (Å²) in [4.78, 5) is 38.5. The molecule has 0 amide bonds. The number of pyridine rings is 3. The van der Waals surface area contributed by atoms with Crippen molar-refractivity contribution in [2.24, 2.45) is 0 Å². The highest BCUT2D eigenvalue weighted by molar-refractivity contribution is 6.31. The van der Waals surface area contributed by atoms with Crippen molar-refractivity contribution in [1.29, 1.82) is 0 Å². The number of nitrogens with zero attached hydrogens (tertiary/aromatic N) is 5. The van der Waals surface area contributed by atoms with Gasteiger partial charge in [0.15, 0.2) is 0 Å². The lowest BCUT2D eigenvalue weighted by atomic mass is 10.1. The third kappa shape index (κ3) is 5.27. The summed E-state index contributed by atoms with van der Waals surface area (Å²) in [6, 6.07) is 4.21. The first-order valence-corrected chi connectivity index (χ1v) is 11.8. The Labute approximate surface area is 220 Å². The van der Waals surface area contributed by atoms with Crippen LogP contribution in [0.5, 0.6) is 5.75 Å². The molecule has 0 spiro atoms. The molecule has 0 radical (unpaired) electrons. The van der Waals surface area contributed by atoms with Gasteiger partial charge in [-0.2, -0.15) is 0 Å². The average molecular weight is 546 g/mol. The second-order valence-corrected chi connectivity index (χ2v) is 9.63. The lowest BCUT2D eigenvalue weighted by Crippen LogP contribution is -2.33. The molecule has 0 atom stereocenters. The molecule has 0 aliphatic heterocycles. The lowest BCUT2D eigenvalue weighted by Gasteiger charge is -2.18. The molecule has 0 aliphatic carbocycles. The van der Waals surface area contributed by atoms with Crippen LogP contribution >= 0.6 is 23.2 Å². The van der Waals surface area contributed by atoms with Crippen LogP contribution in [0.25, 0.3) is 11.5 Å². The summed E-state index contributed by atoms with van der Waals surface area (Å²) in [6.07, 6.45) is 5.61. The summed E-state index contributed by atoms with van der Waals surface area (Å²) in [7, 11) is 0. The summed E-state index contributed by atoms with van der Waals surface area (Å²) < 4.78 is 22.3. The van der Waals surface area contributed by atoms with E-state index in [4.69, 9.17) is 27.9 Å². The minimum Gasteiger partial charge on any atom is -0.485 e. The molecule has 0 fully saturated rings. The quantitative estimate of drug-likeness (QED) is 0.389. The molecule has 4 aromatic rings. The maximum absolute atomic E-state index is 14.1. The van der Waals surface area contributed by atoms with Crippen LogP contribution in [-0.2, 0) is 12.2 Å². The van der Waals surface area contributed by atoms with E-state index in [2.05, 4.69) is 15.0 Å². The first-order valence-electron chi connectivity index (χ1n) is 11.0. The van der Waals surface area contributed by atoms with E-state index in [0.29, 0.717) is 16.9 Å². The Morgan fingerprint density at radius 1 is 1.05 bits per heavy atom. The van der Waals surface area contributed by atoms with Gasteiger partial charge in [0, 0.05) is 42.6 Å². The Morgan fingerprint density at radius 2 is 1.78 bits per heavy atom. The highest BCUT2D eigenvalue weighted by Crippen LogP contribution is 2.26. The van der Waals surface area contributed by atoms with Crippen LogP contribution in [0.1, 0.15) is 36.5 Å². The van der Waals surface area contributed by atoms with Gasteiger partial charge in [0.1, 0.15) is 46.0 Å². The molecular formula is C25H22Cl2FN5O4. The van der Waals surface area contributed by atoms with Gasteiger partial charge in [-0.05, 0) is 39.3 Å². The van der Waals surface area contributed by atoms with Crippen molar-refractivity contribution < 1.29 is 14.2 Å². The van der Waals surface area contributed by atoms with Crippen LogP contribution in [0.4, 0.5) is 4.39 Å². The van der Waals surface area contributed by atoms with Crippen molar-refractivity contribution >= 4 is 23.2 Å². The minimum atomic E-state index is -1.46. The SMILES string of the molecule is Cc1cnc(-n2ccnc(C(C)(C)O)c2=O)cc1-n1c(C)cc(OCc2ncc(Cl)cc2F)c(Cl)c1=O. The van der Waals surface area contributed by atoms with Gasteiger partial charge in [0.25, 0.3) is 11.1 Å². The van der Waals surface area contributed by atoms with Gasteiger partial charge < -0.3 is 9.84 Å². The van der Waals surface area contributed by atoms with Gasteiger partial charge in [-0.15, -0.1) is 0 Å². The standard InChI is InChI=1S/C25H22Cl2FN5O4/c1-13-10-31-20(32-6-5-29-22(24(32)35)25(3,4)36)9-18(13)33-14(2)7-19(21(27)23(33)34)37-12-17-16(28)8-15(26)11-30-17/h5-11,36H,12H2,1-4H3. The third-order valence-corrected chi connectivity index (χ3v) is 6.07. The smallest absolute Gasteiger partial charge is 0.280 e. The Bertz CT molecular complexity index is 1630. The van der Waals surface area contributed by atoms with Gasteiger partial charge in [-0.3, -0.25) is 28.7 Å². The first kappa shape index (κ1) is 26.5. The number of hydrogen-bond acceptors (Lipinski definition) is 7. The normalized spacial score (nSPS) is 11.6. The molecule has 37 heavy (non-hydrogen) atoms. The van der Waals surface area contributed by atoms with Gasteiger partial charge in [0.05, 0.1) is 10.7 Å². The van der Waals surface area contributed by atoms with Gasteiger partial charge in [-0.1, -0.05) is 23.2 Å². The molecule has 4 rings (SSSR count). The molecule has 0 bridgehead atoms. The Kier molecular flexibility index (Phi) is 7.18. The number of aliphatic hydroxyl groups is 1. The maximum Gasteiger partial charge on any atom is 0.280 e. The molecule has 4 aromatic heterocycles. The average Bonchev–Trinajstić information content (AvgIpc) is 2.82. The zero-order valence-electron chi connectivity index (χ0n) is 20.3. The molecule has 0 aromatic carbocycles. The number of aryl methyl sites for hydroxylation is 2. The summed E-state index contributed by atoms with van der Waals surface area (Å²) in [5, 5.41) is 10.2. The Morgan fingerprint density at radius 3 is 2.46 bits per heavy atom. The molecule has 0 unspecified atom stereocenters. The number of ether oxygens (including phenoxy) is 1. The van der Waals surface area contributed by atoms with Crippen LogP contribution < -0.4 is 15.9 Å². The molecule has 0 aliphatic rings. The van der Waals surface area contributed by atoms with Gasteiger partial charge >= 0.3 is 0 Å². The number of rotatable bonds is 6. The van der Waals surface area contributed by atoms with E-state index in [1.54, 1.807) is 26.0 Å². The molecule has 4 heterocycles. The van der Waals surface area contributed by atoms with E-state index >= 15 is 0 Å². The fourth-order valence-corrected chi connectivity index (χ4v) is 4.01. The van der Waals surface area contributed by atoms with Crippen LogP contribution in [0.3, 0.4) is 0 Å². The van der Waals surface area contributed by atoms with Crippen molar-refractivity contribution in [1.82, 2.24) is 24.1 Å². The molecule has 0 saturated heterocycles. The largest absolute Gasteiger partial charge is 0.485 e. The zero-order valence-corrected chi connectivity index (χ0v) is 21.8. The molecule has 1 N–H and O–H groups in total. The second-order valence-electron chi connectivity index (χ2n) is 8.81. The predicted octanol–water partition coefficient (Wildman–Crippen LogP) is 4.04. The lowest BCUT2D eigenvalue weighted by molar-refractivity contribution is 0.0718. The molecular weight excluding hydrogens is 524 g/mol. The maximum atomic E-state index is 14.1. The summed E-state index contributed by atoms with van der Waals surface area (Å²) >= 11 is 12.1. The molecule has 0 saturated carbocycles. The monoisotopic (exact) mass is 545 g/mol. The number of halogens is 3. The zero-order chi connectivity index (χ0) is 27.1. The minimum absolute atomic E-state index is 0.00476. The summed E-state index contributed by atoms with van der Waals surface area (Å²) in [5.74, 6) is -0.373. The second kappa shape index (κ2) is 10.0. The van der Waals surface area contributed by atoms with Gasteiger partial charge in [0.2, 0.25) is 0 Å². The Hall–Kier alpha value is -3.60. The Balaban J connectivity index is 1.76. The molecule has 9 nitrogen and oxygen atoms in total. The van der Waals surface area contributed by atoms with E-state index in [1.807, 2.05) is 0 Å². The van der Waals surface area contributed by atoms with E-state index in [9.17, 15) is 19.1 Å². The van der Waals surface area contributed by atoms with E-state index in [1.165, 1.54) is 47.8 Å². The van der Waals surface area contributed by atoms with E-state index in [0.717, 1.165) is 6.07 Å². The summed E-state index contributed by atoms with van der Waals surface area (Å²) in [6.45, 7) is 6.08. The fourth-order valence-electron chi connectivity index (χ4n) is 3.67. The molecule has 12 heteroatoms. The van der Waals surface area contributed by atoms with Crippen LogP contribution in [0.2, 0.25) is 10.0 Å². The highest BCUT2D eigenvalue weighted by atomic mass is 35.5. The van der Waals surface area contributed by atoms with Crippen molar-refractivity contribution in [3.63, 3.8) is 0 Å². The molecule has 192 valence electrons. The van der Waals surface area contributed by atoms with Crippen molar-refractivity contribution in [2.75, 3.05) is 0 Å². The predicted molar refractivity (Wildman–Crippen MR) is 136 cm³/mol. The third-order valence-electron chi connectivity index (χ3n) is 5.52. The van der Waals surface area contributed by atoms with E-state index in [-0.39, 0.29) is 39.6 Å². The van der Waals surface area contributed by atoms with E-state index < -0.39 is 22.5 Å². The fraction of sp³-hybridized carbons (Fsp3) is 0.240. The topological polar surface area (TPSA) is 112 Å². The van der Waals surface area contributed by atoms with Crippen LogP contribution in [0.15, 0.2) is 52.6 Å². The van der Waals surface area contributed by atoms with Crippen molar-refractivity contribution in [3.05, 3.63) is 102 Å². The number of aromatic nitrogens is 5. The van der Waals surface area contributed by atoms with Crippen LogP contribution in [-0.4, -0.2) is 29.2 Å². The highest BCUT2D eigenvalue weighted by Gasteiger charge is 2.24. The first-order chi connectivity index (χ1) is 17.4. The van der Waals surface area contributed by atoms with Crippen molar-refractivity contribution in [2.45, 2.75) is 39.9 Å². The van der Waals surface area contributed by atoms with Crippen LogP contribution in [0, 0.1) is 19.7 Å². The summed E-state index contributed by atoms with van der Waals surface area (Å²) in [5.41, 5.74) is -1.11.